The van der Waals surface area contributed by atoms with E-state index in [1.807, 2.05) is 0 Å². The van der Waals surface area contributed by atoms with Crippen LogP contribution < -0.4 is 113 Å². The number of rotatable bonds is 14. The Hall–Kier alpha value is -0.847. The van der Waals surface area contributed by atoms with Crippen LogP contribution in [-0.4, -0.2) is 60.4 Å². The smallest absolute Gasteiger partial charge is 0.748 e. The molecular formula is C24H24K2N4O10S2. The maximum Gasteiger partial charge on any atom is 1.00 e. The normalized spacial score (nSPS) is 11.1. The molecule has 14 nitrogen and oxygen atoms in total. The van der Waals surface area contributed by atoms with Gasteiger partial charge in [-0.2, -0.15) is 0 Å². The van der Waals surface area contributed by atoms with Gasteiger partial charge in [-0.05, 0) is 55.3 Å². The van der Waals surface area contributed by atoms with Crippen LogP contribution in [0.5, 0.6) is 0 Å². The number of non-ortho nitro benzene ring substituents is 2. The molecule has 0 aliphatic carbocycles. The van der Waals surface area contributed by atoms with Gasteiger partial charge in [0, 0.05) is 71.6 Å². The van der Waals surface area contributed by atoms with Crippen molar-refractivity contribution >= 4 is 54.4 Å². The summed E-state index contributed by atoms with van der Waals surface area (Å²) in [5.41, 5.74) is 1.67. The van der Waals surface area contributed by atoms with Gasteiger partial charge in [0.15, 0.2) is 0 Å². The predicted molar refractivity (Wildman–Crippen MR) is 145 cm³/mol. The molecule has 0 aromatic heterocycles. The second-order valence-electron chi connectivity index (χ2n) is 8.60. The minimum absolute atomic E-state index is 0. The Morgan fingerprint density at radius 2 is 0.905 bits per heavy atom. The van der Waals surface area contributed by atoms with Crippen molar-refractivity contribution < 1.29 is 139 Å². The molecule has 0 fully saturated rings. The van der Waals surface area contributed by atoms with Gasteiger partial charge >= 0.3 is 103 Å². The molecule has 3 rings (SSSR count). The van der Waals surface area contributed by atoms with Gasteiger partial charge in [0.05, 0.1) is 30.1 Å². The van der Waals surface area contributed by atoms with E-state index in [1.54, 1.807) is 34.1 Å². The molecule has 0 saturated carbocycles. The average Bonchev–Trinajstić information content (AvgIpc) is 2.88. The van der Waals surface area contributed by atoms with Gasteiger partial charge in [-0.1, -0.05) is 6.07 Å². The molecule has 0 saturated heterocycles. The molecule has 0 radical (unpaired) electrons. The summed E-state index contributed by atoms with van der Waals surface area (Å²) in [6.07, 6.45) is -0.0824. The first-order valence-electron chi connectivity index (χ1n) is 11.7. The topological polar surface area (TPSA) is 207 Å². The van der Waals surface area contributed by atoms with Gasteiger partial charge in [0.1, 0.15) is 0 Å². The molecule has 3 aromatic rings. The van der Waals surface area contributed by atoms with Crippen LogP contribution in [0.15, 0.2) is 72.8 Å². The Kier molecular flexibility index (Phi) is 16.4. The van der Waals surface area contributed by atoms with Gasteiger partial charge in [-0.15, -0.1) is 0 Å². The third-order valence-corrected chi connectivity index (χ3v) is 7.33. The van der Waals surface area contributed by atoms with E-state index in [-0.39, 0.29) is 140 Å². The van der Waals surface area contributed by atoms with Crippen molar-refractivity contribution in [2.75, 3.05) is 34.4 Å². The van der Waals surface area contributed by atoms with E-state index in [9.17, 15) is 46.2 Å². The SMILES string of the molecule is O=[N+]([O-])c1ccc(N(CCCS(=O)(=O)[O-])c2cccc(N(CCCS(=O)(=O)[O-])c3ccc([N+](=O)[O-])cc3)c2)cc1.[K+].[K+]. The molecule has 0 aliphatic heterocycles. The number of hydrogen-bond donors (Lipinski definition) is 0. The molecule has 0 spiro atoms. The molecule has 0 amide bonds. The van der Waals surface area contributed by atoms with Crippen LogP contribution >= 0.6 is 0 Å². The van der Waals surface area contributed by atoms with Crippen molar-refractivity contribution in [2.45, 2.75) is 12.8 Å². The maximum absolute atomic E-state index is 11.2. The van der Waals surface area contributed by atoms with E-state index in [0.29, 0.717) is 22.7 Å². The molecule has 0 heterocycles. The number of nitro benzene ring substituents is 2. The van der Waals surface area contributed by atoms with E-state index in [4.69, 9.17) is 0 Å². The van der Waals surface area contributed by atoms with Crippen molar-refractivity contribution in [3.63, 3.8) is 0 Å². The number of hydrogen-bond acceptors (Lipinski definition) is 12. The molecule has 0 bridgehead atoms. The monoisotopic (exact) mass is 670 g/mol. The van der Waals surface area contributed by atoms with E-state index in [1.165, 1.54) is 48.5 Å². The molecule has 0 N–H and O–H groups in total. The fraction of sp³-hybridized carbons (Fsp3) is 0.250. The number of nitro groups is 2. The van der Waals surface area contributed by atoms with Gasteiger partial charge in [0.25, 0.3) is 11.4 Å². The zero-order valence-corrected chi connectivity index (χ0v) is 30.7. The summed E-state index contributed by atoms with van der Waals surface area (Å²) in [6.45, 7) is 0.128. The summed E-state index contributed by atoms with van der Waals surface area (Å²) in [6, 6.07) is 17.7. The zero-order chi connectivity index (χ0) is 29.5. The summed E-state index contributed by atoms with van der Waals surface area (Å²) < 4.78 is 67.1. The number of benzene rings is 3. The molecule has 214 valence electrons. The van der Waals surface area contributed by atoms with Crippen molar-refractivity contribution in [1.29, 1.82) is 0 Å². The first-order chi connectivity index (χ1) is 18.7. The van der Waals surface area contributed by atoms with Gasteiger partial charge in [0.2, 0.25) is 0 Å². The Morgan fingerprint density at radius 1 is 0.571 bits per heavy atom. The minimum atomic E-state index is -4.49. The number of anilines is 4. The van der Waals surface area contributed by atoms with Crippen LogP contribution in [0.4, 0.5) is 34.1 Å². The maximum atomic E-state index is 11.2. The van der Waals surface area contributed by atoms with Crippen molar-refractivity contribution in [2.24, 2.45) is 0 Å². The zero-order valence-electron chi connectivity index (χ0n) is 22.9. The van der Waals surface area contributed by atoms with Gasteiger partial charge in [-0.3, -0.25) is 20.2 Å². The van der Waals surface area contributed by atoms with Gasteiger partial charge in [-0.25, -0.2) is 16.8 Å². The molecule has 42 heavy (non-hydrogen) atoms. The molecule has 0 unspecified atom stereocenters. The summed E-state index contributed by atoms with van der Waals surface area (Å²) >= 11 is 0. The molecule has 0 atom stereocenters. The van der Waals surface area contributed by atoms with Crippen LogP contribution in [-0.2, 0) is 20.2 Å². The van der Waals surface area contributed by atoms with Crippen LogP contribution in [0.3, 0.4) is 0 Å². The Bertz CT molecular complexity index is 1460. The first-order valence-corrected chi connectivity index (χ1v) is 14.9. The van der Waals surface area contributed by atoms with E-state index in [0.717, 1.165) is 0 Å². The van der Waals surface area contributed by atoms with Crippen molar-refractivity contribution in [3.05, 3.63) is 93.0 Å². The fourth-order valence-electron chi connectivity index (χ4n) is 3.95. The Morgan fingerprint density at radius 3 is 1.19 bits per heavy atom. The molecular weight excluding hydrogens is 647 g/mol. The quantitative estimate of drug-likeness (QED) is 0.0765. The van der Waals surface area contributed by atoms with Crippen LogP contribution in [0.2, 0.25) is 0 Å². The standard InChI is InChI=1S/C24H26N4O10S2.2K/c29-27(30)21-10-6-19(7-11-21)25(14-2-16-39(33,34)35)23-4-1-5-24(18-23)26(15-3-17-40(36,37)38)20-8-12-22(13-9-20)28(31)32;;/h1,4-13,18H,2-3,14-17H2,(H,33,34,35)(H,36,37,38);;/q;2*+1/p-2. The summed E-state index contributed by atoms with van der Waals surface area (Å²) in [5, 5.41) is 22.2. The summed E-state index contributed by atoms with van der Waals surface area (Å²) in [7, 11) is -8.98. The molecule has 0 aliphatic rings. The second kappa shape index (κ2) is 17.6. The third-order valence-electron chi connectivity index (χ3n) is 5.75. The first kappa shape index (κ1) is 39.2. The average molecular weight is 671 g/mol. The fourth-order valence-corrected chi connectivity index (χ4v) is 4.92. The van der Waals surface area contributed by atoms with Gasteiger partial charge < -0.3 is 18.9 Å². The Balaban J connectivity index is 0.00000441. The summed E-state index contributed by atoms with van der Waals surface area (Å²) in [5.74, 6) is -1.26. The van der Waals surface area contributed by atoms with Crippen LogP contribution in [0.25, 0.3) is 0 Å². The van der Waals surface area contributed by atoms with E-state index in [2.05, 4.69) is 0 Å². The third kappa shape index (κ3) is 12.6. The molecule has 3 aromatic carbocycles. The van der Waals surface area contributed by atoms with Crippen molar-refractivity contribution in [3.8, 4) is 0 Å². The summed E-state index contributed by atoms with van der Waals surface area (Å²) in [4.78, 5) is 24.4. The Labute approximate surface area is 328 Å². The molecule has 18 heteroatoms. The predicted octanol–water partition coefficient (Wildman–Crippen LogP) is -2.34. The largest absolute Gasteiger partial charge is 1.00 e. The minimum Gasteiger partial charge on any atom is -0.748 e. The van der Waals surface area contributed by atoms with E-state index < -0.39 is 41.6 Å². The van der Waals surface area contributed by atoms with Crippen LogP contribution in [0, 0.1) is 20.2 Å². The number of nitrogens with zero attached hydrogens (tertiary/aromatic N) is 4. The van der Waals surface area contributed by atoms with Crippen molar-refractivity contribution in [1.82, 2.24) is 0 Å². The van der Waals surface area contributed by atoms with E-state index >= 15 is 0 Å². The van der Waals surface area contributed by atoms with Crippen LogP contribution in [0.1, 0.15) is 12.8 Å². The second-order valence-corrected chi connectivity index (χ2v) is 11.6.